The molecule has 0 unspecified atom stereocenters. The van der Waals surface area contributed by atoms with Crippen molar-refractivity contribution in [3.8, 4) is 0 Å². The van der Waals surface area contributed by atoms with Crippen LogP contribution in [-0.2, 0) is 11.3 Å². The molecule has 1 amide bonds. The minimum absolute atomic E-state index is 0.210. The van der Waals surface area contributed by atoms with Crippen LogP contribution < -0.4 is 10.6 Å². The molecule has 4 heteroatoms. The summed E-state index contributed by atoms with van der Waals surface area (Å²) in [5.41, 5.74) is 2.17. The van der Waals surface area contributed by atoms with Crippen LogP contribution in [0.15, 0.2) is 60.7 Å². The largest absolute Gasteiger partial charge is 0.445 e. The zero-order valence-electron chi connectivity index (χ0n) is 13.8. The van der Waals surface area contributed by atoms with Gasteiger partial charge in [-0.3, -0.25) is 0 Å². The average molecular weight is 324 g/mol. The summed E-state index contributed by atoms with van der Waals surface area (Å²) in [7, 11) is 0. The van der Waals surface area contributed by atoms with Crippen molar-refractivity contribution < 1.29 is 9.53 Å². The van der Waals surface area contributed by atoms with E-state index in [0.717, 1.165) is 36.9 Å². The van der Waals surface area contributed by atoms with Crippen LogP contribution >= 0.6 is 0 Å². The van der Waals surface area contributed by atoms with Crippen LogP contribution in [-0.4, -0.2) is 18.2 Å². The summed E-state index contributed by atoms with van der Waals surface area (Å²) in [5, 5.41) is 6.54. The monoisotopic (exact) mass is 324 g/mol. The van der Waals surface area contributed by atoms with Gasteiger partial charge in [0.05, 0.1) is 0 Å². The van der Waals surface area contributed by atoms with Gasteiger partial charge in [0.25, 0.3) is 0 Å². The van der Waals surface area contributed by atoms with Gasteiger partial charge in [-0.05, 0) is 43.4 Å². The van der Waals surface area contributed by atoms with Crippen LogP contribution in [0.3, 0.4) is 0 Å². The van der Waals surface area contributed by atoms with Gasteiger partial charge in [0.1, 0.15) is 6.61 Å². The summed E-state index contributed by atoms with van der Waals surface area (Å²) in [6.07, 6.45) is 3.74. The number of hydrogen-bond acceptors (Lipinski definition) is 3. The second kappa shape index (κ2) is 8.39. The number of alkyl carbamates (subject to hydrolysis) is 1. The molecule has 4 nitrogen and oxygen atoms in total. The molecule has 1 saturated carbocycles. The van der Waals surface area contributed by atoms with E-state index < -0.39 is 0 Å². The van der Waals surface area contributed by atoms with Crippen LogP contribution in [0, 0.1) is 0 Å². The first-order valence-corrected chi connectivity index (χ1v) is 8.58. The molecule has 3 rings (SSSR count). The highest BCUT2D eigenvalue weighted by Crippen LogP contribution is 2.22. The van der Waals surface area contributed by atoms with E-state index in [1.165, 1.54) is 0 Å². The van der Waals surface area contributed by atoms with Crippen molar-refractivity contribution in [3.63, 3.8) is 0 Å². The van der Waals surface area contributed by atoms with Crippen molar-refractivity contribution in [3.05, 3.63) is 66.2 Å². The lowest BCUT2D eigenvalue weighted by atomic mass is 9.91. The maximum Gasteiger partial charge on any atom is 0.407 e. The normalized spacial score (nSPS) is 20.2. The van der Waals surface area contributed by atoms with Gasteiger partial charge >= 0.3 is 6.09 Å². The van der Waals surface area contributed by atoms with Crippen molar-refractivity contribution >= 4 is 11.8 Å². The van der Waals surface area contributed by atoms with E-state index in [1.54, 1.807) is 0 Å². The molecule has 0 radical (unpaired) electrons. The molecule has 0 aromatic heterocycles. The standard InChI is InChI=1S/C20H24N2O2/c23-20(24-15-16-7-3-1-4-8-16)22-19-13-11-18(12-14-19)21-17-9-5-2-6-10-17/h1-10,18-19,21H,11-15H2,(H,22,23)/t18-,19-. The smallest absolute Gasteiger partial charge is 0.407 e. The number of hydrogen-bond donors (Lipinski definition) is 2. The number of carbonyl (C=O) groups is 1. The van der Waals surface area contributed by atoms with E-state index in [2.05, 4.69) is 22.8 Å². The van der Waals surface area contributed by atoms with Crippen LogP contribution in [0.1, 0.15) is 31.2 Å². The van der Waals surface area contributed by atoms with E-state index in [-0.39, 0.29) is 12.1 Å². The van der Waals surface area contributed by atoms with Crippen molar-refractivity contribution in [2.75, 3.05) is 5.32 Å². The Labute approximate surface area is 143 Å². The minimum Gasteiger partial charge on any atom is -0.445 e. The minimum atomic E-state index is -0.321. The highest BCUT2D eigenvalue weighted by molar-refractivity contribution is 5.67. The maximum absolute atomic E-state index is 11.9. The quantitative estimate of drug-likeness (QED) is 0.860. The summed E-state index contributed by atoms with van der Waals surface area (Å²) in [6.45, 7) is 0.317. The van der Waals surface area contributed by atoms with Gasteiger partial charge < -0.3 is 15.4 Å². The summed E-state index contributed by atoms with van der Waals surface area (Å²) in [4.78, 5) is 11.9. The third kappa shape index (κ3) is 5.01. The van der Waals surface area contributed by atoms with Gasteiger partial charge in [0.2, 0.25) is 0 Å². The fourth-order valence-electron chi connectivity index (χ4n) is 3.08. The molecular formula is C20H24N2O2. The number of benzene rings is 2. The maximum atomic E-state index is 11.9. The molecule has 1 aliphatic carbocycles. The summed E-state index contributed by atoms with van der Waals surface area (Å²) in [6, 6.07) is 20.7. The van der Waals surface area contributed by atoms with Gasteiger partial charge in [-0.25, -0.2) is 4.79 Å². The zero-order chi connectivity index (χ0) is 16.6. The van der Waals surface area contributed by atoms with Crippen LogP contribution in [0.25, 0.3) is 0 Å². The molecule has 1 aliphatic rings. The molecule has 0 aliphatic heterocycles. The number of para-hydroxylation sites is 1. The van der Waals surface area contributed by atoms with Gasteiger partial charge in [0, 0.05) is 17.8 Å². The van der Waals surface area contributed by atoms with E-state index in [4.69, 9.17) is 4.74 Å². The Morgan fingerprint density at radius 1 is 0.875 bits per heavy atom. The third-order valence-corrected chi connectivity index (χ3v) is 4.41. The first-order valence-electron chi connectivity index (χ1n) is 8.58. The van der Waals surface area contributed by atoms with Crippen LogP contribution in [0.5, 0.6) is 0 Å². The SMILES string of the molecule is O=C(N[C@H]1CC[C@H](Nc2ccccc2)CC1)OCc1ccccc1. The lowest BCUT2D eigenvalue weighted by molar-refractivity contribution is 0.132. The van der Waals surface area contributed by atoms with Crippen molar-refractivity contribution in [2.45, 2.75) is 44.4 Å². The molecule has 0 heterocycles. The van der Waals surface area contributed by atoms with E-state index >= 15 is 0 Å². The molecule has 2 N–H and O–H groups in total. The summed E-state index contributed by atoms with van der Waals surface area (Å²) < 4.78 is 5.29. The molecule has 126 valence electrons. The van der Waals surface area contributed by atoms with Crippen molar-refractivity contribution in [1.29, 1.82) is 0 Å². The molecule has 2 aromatic rings. The number of anilines is 1. The Balaban J connectivity index is 1.36. The van der Waals surface area contributed by atoms with Crippen molar-refractivity contribution in [1.82, 2.24) is 5.32 Å². The number of amides is 1. The first kappa shape index (κ1) is 16.4. The fraction of sp³-hybridized carbons (Fsp3) is 0.350. The van der Waals surface area contributed by atoms with E-state index in [0.29, 0.717) is 12.6 Å². The number of ether oxygens (including phenoxy) is 1. The second-order valence-electron chi connectivity index (χ2n) is 6.26. The molecular weight excluding hydrogens is 300 g/mol. The Morgan fingerprint density at radius 2 is 1.46 bits per heavy atom. The van der Waals surface area contributed by atoms with Crippen LogP contribution in [0.2, 0.25) is 0 Å². The fourth-order valence-corrected chi connectivity index (χ4v) is 3.08. The van der Waals surface area contributed by atoms with E-state index in [1.807, 2.05) is 48.5 Å². The third-order valence-electron chi connectivity index (χ3n) is 4.41. The molecule has 0 bridgehead atoms. The highest BCUT2D eigenvalue weighted by atomic mass is 16.5. The summed E-state index contributed by atoms with van der Waals surface area (Å²) >= 11 is 0. The second-order valence-corrected chi connectivity index (χ2v) is 6.26. The highest BCUT2D eigenvalue weighted by Gasteiger charge is 2.22. The Bertz CT molecular complexity index is 623. The molecule has 2 aromatic carbocycles. The zero-order valence-corrected chi connectivity index (χ0v) is 13.8. The van der Waals surface area contributed by atoms with Gasteiger partial charge in [-0.1, -0.05) is 48.5 Å². The first-order chi connectivity index (χ1) is 11.8. The molecule has 0 saturated heterocycles. The molecule has 0 spiro atoms. The lowest BCUT2D eigenvalue weighted by Crippen LogP contribution is -2.40. The van der Waals surface area contributed by atoms with Crippen molar-refractivity contribution in [2.24, 2.45) is 0 Å². The van der Waals surface area contributed by atoms with Gasteiger partial charge in [0.15, 0.2) is 0 Å². The number of rotatable bonds is 5. The molecule has 1 fully saturated rings. The Hall–Kier alpha value is -2.49. The average Bonchev–Trinajstić information content (AvgIpc) is 2.63. The topological polar surface area (TPSA) is 50.4 Å². The Morgan fingerprint density at radius 3 is 2.12 bits per heavy atom. The number of nitrogens with one attached hydrogen (secondary N) is 2. The summed E-state index contributed by atoms with van der Waals surface area (Å²) in [5.74, 6) is 0. The lowest BCUT2D eigenvalue weighted by Gasteiger charge is -2.30. The van der Waals surface area contributed by atoms with E-state index in [9.17, 15) is 4.79 Å². The molecule has 24 heavy (non-hydrogen) atoms. The predicted molar refractivity (Wildman–Crippen MR) is 95.9 cm³/mol. The number of carbonyl (C=O) groups excluding carboxylic acids is 1. The predicted octanol–water partition coefficient (Wildman–Crippen LogP) is 4.34. The van der Waals surface area contributed by atoms with Gasteiger partial charge in [-0.15, -0.1) is 0 Å². The Kier molecular flexibility index (Phi) is 5.72. The molecule has 0 atom stereocenters. The van der Waals surface area contributed by atoms with Gasteiger partial charge in [-0.2, -0.15) is 0 Å². The van der Waals surface area contributed by atoms with Crippen LogP contribution in [0.4, 0.5) is 10.5 Å².